The zero-order chi connectivity index (χ0) is 22.5. The van der Waals surface area contributed by atoms with Crippen LogP contribution in [0, 0.1) is 13.8 Å². The summed E-state index contributed by atoms with van der Waals surface area (Å²) in [5.74, 6) is -0.205. The van der Waals surface area contributed by atoms with Gasteiger partial charge in [0, 0.05) is 32.9 Å². The molecule has 0 aromatic heterocycles. The fourth-order valence-corrected chi connectivity index (χ4v) is 4.73. The summed E-state index contributed by atoms with van der Waals surface area (Å²) < 4.78 is 27.2. The second-order valence-corrected chi connectivity index (χ2v) is 9.32. The number of aryl methyl sites for hydroxylation is 2. The monoisotopic (exact) mass is 432 g/mol. The number of anilines is 3. The predicted octanol–water partition coefficient (Wildman–Crippen LogP) is 3.45. The van der Waals surface area contributed by atoms with E-state index in [2.05, 4.69) is 10.6 Å². The summed E-state index contributed by atoms with van der Waals surface area (Å²) in [4.78, 5) is 14.5. The van der Waals surface area contributed by atoms with Gasteiger partial charge in [-0.2, -0.15) is 4.31 Å². The minimum atomic E-state index is -3.59. The Balaban J connectivity index is 2.23. The number of carbonyl (C=O) groups excluding carboxylic acids is 1. The van der Waals surface area contributed by atoms with Gasteiger partial charge in [-0.3, -0.25) is 4.79 Å². The lowest BCUT2D eigenvalue weighted by molar-refractivity contribution is -0.114. The van der Waals surface area contributed by atoms with Crippen LogP contribution in [0.4, 0.5) is 17.1 Å². The van der Waals surface area contributed by atoms with Gasteiger partial charge < -0.3 is 15.5 Å². The number of amides is 1. The zero-order valence-corrected chi connectivity index (χ0v) is 19.4. The smallest absolute Gasteiger partial charge is 0.243 e. The molecule has 0 saturated heterocycles. The molecule has 7 nitrogen and oxygen atoms in total. The highest BCUT2D eigenvalue weighted by atomic mass is 32.2. The second-order valence-electron chi connectivity index (χ2n) is 7.38. The molecule has 0 atom stereocenters. The van der Waals surface area contributed by atoms with Crippen molar-refractivity contribution in [1.82, 2.24) is 4.31 Å². The van der Waals surface area contributed by atoms with Crippen molar-refractivity contribution in [3.63, 3.8) is 0 Å². The van der Waals surface area contributed by atoms with Gasteiger partial charge in [-0.1, -0.05) is 31.5 Å². The molecule has 0 aliphatic carbocycles. The fraction of sp³-hybridized carbons (Fsp3) is 0.409. The van der Waals surface area contributed by atoms with E-state index in [1.807, 2.05) is 64.9 Å². The standard InChI is InChI=1S/C22H32N4O3S/c1-7-26(8-2)30(28,29)18-10-12-21(25(5)6)20(14-18)23-15-22(27)24-19-11-9-16(3)13-17(19)4/h9-14,23H,7-8,15H2,1-6H3,(H,24,27). The molecule has 0 aliphatic rings. The third-order valence-corrected chi connectivity index (χ3v) is 6.93. The van der Waals surface area contributed by atoms with Gasteiger partial charge in [0.15, 0.2) is 0 Å². The van der Waals surface area contributed by atoms with Crippen molar-refractivity contribution in [3.8, 4) is 0 Å². The molecule has 2 aromatic rings. The van der Waals surface area contributed by atoms with Crippen LogP contribution in [0.15, 0.2) is 41.3 Å². The first-order valence-electron chi connectivity index (χ1n) is 10.0. The minimum Gasteiger partial charge on any atom is -0.376 e. The van der Waals surface area contributed by atoms with Gasteiger partial charge in [0.25, 0.3) is 0 Å². The Morgan fingerprint density at radius 3 is 2.20 bits per heavy atom. The van der Waals surface area contributed by atoms with Crippen LogP contribution in [-0.2, 0) is 14.8 Å². The molecule has 8 heteroatoms. The van der Waals surface area contributed by atoms with E-state index in [4.69, 9.17) is 0 Å². The largest absolute Gasteiger partial charge is 0.376 e. The van der Waals surface area contributed by atoms with E-state index in [0.29, 0.717) is 18.8 Å². The Morgan fingerprint density at radius 1 is 0.967 bits per heavy atom. The Kier molecular flexibility index (Phi) is 7.86. The number of rotatable bonds is 9. The van der Waals surface area contributed by atoms with E-state index in [0.717, 1.165) is 22.5 Å². The summed E-state index contributed by atoms with van der Waals surface area (Å²) in [6.07, 6.45) is 0. The number of benzene rings is 2. The molecule has 2 aromatic carbocycles. The van der Waals surface area contributed by atoms with Crippen LogP contribution in [0.2, 0.25) is 0 Å². The quantitative estimate of drug-likeness (QED) is 0.634. The minimum absolute atomic E-state index is 0.0168. The molecule has 0 unspecified atom stereocenters. The lowest BCUT2D eigenvalue weighted by atomic mass is 10.1. The number of carbonyl (C=O) groups is 1. The van der Waals surface area contributed by atoms with Crippen molar-refractivity contribution in [1.29, 1.82) is 0 Å². The van der Waals surface area contributed by atoms with E-state index in [1.54, 1.807) is 18.2 Å². The average Bonchev–Trinajstić information content (AvgIpc) is 2.69. The topological polar surface area (TPSA) is 81.8 Å². The molecule has 0 aliphatic heterocycles. The predicted molar refractivity (Wildman–Crippen MR) is 124 cm³/mol. The summed E-state index contributed by atoms with van der Waals surface area (Å²) in [7, 11) is 0.151. The number of hydrogen-bond donors (Lipinski definition) is 2. The molecule has 0 spiro atoms. The van der Waals surface area contributed by atoms with Crippen molar-refractivity contribution in [2.75, 3.05) is 49.3 Å². The van der Waals surface area contributed by atoms with E-state index >= 15 is 0 Å². The van der Waals surface area contributed by atoms with Crippen LogP contribution in [0.3, 0.4) is 0 Å². The number of sulfonamides is 1. The van der Waals surface area contributed by atoms with E-state index in [1.165, 1.54) is 4.31 Å². The molecule has 0 saturated carbocycles. The average molecular weight is 433 g/mol. The van der Waals surface area contributed by atoms with Crippen LogP contribution < -0.4 is 15.5 Å². The van der Waals surface area contributed by atoms with E-state index in [-0.39, 0.29) is 17.3 Å². The summed E-state index contributed by atoms with van der Waals surface area (Å²) >= 11 is 0. The fourth-order valence-electron chi connectivity index (χ4n) is 3.24. The molecule has 1 amide bonds. The highest BCUT2D eigenvalue weighted by Gasteiger charge is 2.23. The highest BCUT2D eigenvalue weighted by molar-refractivity contribution is 7.89. The number of hydrogen-bond acceptors (Lipinski definition) is 5. The normalized spacial score (nSPS) is 11.4. The SMILES string of the molecule is CCN(CC)S(=O)(=O)c1ccc(N(C)C)c(NCC(=O)Nc2ccc(C)cc2C)c1. The van der Waals surface area contributed by atoms with Crippen LogP contribution in [0.25, 0.3) is 0 Å². The molecule has 164 valence electrons. The van der Waals surface area contributed by atoms with Crippen molar-refractivity contribution in [2.24, 2.45) is 0 Å². The van der Waals surface area contributed by atoms with Crippen LogP contribution >= 0.6 is 0 Å². The molecule has 2 N–H and O–H groups in total. The third-order valence-electron chi connectivity index (χ3n) is 4.89. The lowest BCUT2D eigenvalue weighted by Gasteiger charge is -2.22. The Hall–Kier alpha value is -2.58. The summed E-state index contributed by atoms with van der Waals surface area (Å²) in [5, 5.41) is 5.99. The van der Waals surface area contributed by atoms with Gasteiger partial charge in [0.05, 0.1) is 22.8 Å². The molecule has 0 fully saturated rings. The molecule has 0 bridgehead atoms. The van der Waals surface area contributed by atoms with Gasteiger partial charge in [-0.25, -0.2) is 8.42 Å². The van der Waals surface area contributed by atoms with Crippen LogP contribution in [0.1, 0.15) is 25.0 Å². The van der Waals surface area contributed by atoms with Gasteiger partial charge >= 0.3 is 0 Å². The van der Waals surface area contributed by atoms with Crippen molar-refractivity contribution in [2.45, 2.75) is 32.6 Å². The second kappa shape index (κ2) is 9.95. The van der Waals surface area contributed by atoms with Gasteiger partial charge in [-0.15, -0.1) is 0 Å². The van der Waals surface area contributed by atoms with E-state index < -0.39 is 10.0 Å². The molecular weight excluding hydrogens is 400 g/mol. The van der Waals surface area contributed by atoms with Crippen molar-refractivity contribution < 1.29 is 13.2 Å². The zero-order valence-electron chi connectivity index (χ0n) is 18.6. The Bertz CT molecular complexity index is 999. The first kappa shape index (κ1) is 23.7. The Morgan fingerprint density at radius 2 is 1.63 bits per heavy atom. The molecule has 0 radical (unpaired) electrons. The van der Waals surface area contributed by atoms with Crippen molar-refractivity contribution in [3.05, 3.63) is 47.5 Å². The first-order chi connectivity index (χ1) is 14.1. The van der Waals surface area contributed by atoms with Crippen molar-refractivity contribution >= 4 is 33.0 Å². The van der Waals surface area contributed by atoms with Gasteiger partial charge in [-0.05, 0) is 43.7 Å². The van der Waals surface area contributed by atoms with Crippen LogP contribution in [-0.4, -0.2) is 52.4 Å². The van der Waals surface area contributed by atoms with Gasteiger partial charge in [0.2, 0.25) is 15.9 Å². The number of nitrogens with zero attached hydrogens (tertiary/aromatic N) is 2. The first-order valence-corrected chi connectivity index (χ1v) is 11.5. The summed E-state index contributed by atoms with van der Waals surface area (Å²) in [6, 6.07) is 10.8. The lowest BCUT2D eigenvalue weighted by Crippen LogP contribution is -2.30. The Labute approximate surface area is 180 Å². The summed E-state index contributed by atoms with van der Waals surface area (Å²) in [6.45, 7) is 8.38. The molecular formula is C22H32N4O3S. The third kappa shape index (κ3) is 5.52. The molecule has 2 rings (SSSR count). The molecule has 0 heterocycles. The van der Waals surface area contributed by atoms with Crippen LogP contribution in [0.5, 0.6) is 0 Å². The maximum absolute atomic E-state index is 12.9. The van der Waals surface area contributed by atoms with Gasteiger partial charge in [0.1, 0.15) is 0 Å². The summed E-state index contributed by atoms with van der Waals surface area (Å²) in [5.41, 5.74) is 4.27. The van der Waals surface area contributed by atoms with E-state index in [9.17, 15) is 13.2 Å². The maximum Gasteiger partial charge on any atom is 0.243 e. The maximum atomic E-state index is 12.9. The molecule has 30 heavy (non-hydrogen) atoms. The highest BCUT2D eigenvalue weighted by Crippen LogP contribution is 2.29. The number of nitrogens with one attached hydrogen (secondary N) is 2.